The van der Waals surface area contributed by atoms with E-state index in [1.54, 1.807) is 12.1 Å². The summed E-state index contributed by atoms with van der Waals surface area (Å²) in [5.74, 6) is -0.763. The van der Waals surface area contributed by atoms with Gasteiger partial charge in [0, 0.05) is 11.1 Å². The summed E-state index contributed by atoms with van der Waals surface area (Å²) in [7, 11) is 0. The molecule has 0 spiro atoms. The van der Waals surface area contributed by atoms with Crippen LogP contribution in [0.15, 0.2) is 41.5 Å². The van der Waals surface area contributed by atoms with Gasteiger partial charge >= 0.3 is 0 Å². The highest BCUT2D eigenvalue weighted by Crippen LogP contribution is 2.23. The van der Waals surface area contributed by atoms with Crippen LogP contribution in [-0.2, 0) is 4.79 Å². The lowest BCUT2D eigenvalue weighted by molar-refractivity contribution is -0.111. The van der Waals surface area contributed by atoms with Gasteiger partial charge in [-0.25, -0.2) is 0 Å². The Bertz CT molecular complexity index is 544. The lowest BCUT2D eigenvalue weighted by Gasteiger charge is -2.13. The molecule has 1 aliphatic rings. The van der Waals surface area contributed by atoms with Gasteiger partial charge in [0.25, 0.3) is 0 Å². The van der Waals surface area contributed by atoms with Crippen LogP contribution in [0.5, 0.6) is 0 Å². The minimum atomic E-state index is -0.389. The van der Waals surface area contributed by atoms with E-state index in [1.165, 1.54) is 0 Å². The van der Waals surface area contributed by atoms with E-state index in [0.717, 1.165) is 11.1 Å². The molecule has 1 aliphatic carbocycles. The van der Waals surface area contributed by atoms with Crippen LogP contribution < -0.4 is 0 Å². The van der Waals surface area contributed by atoms with Crippen LogP contribution in [0, 0.1) is 0 Å². The number of Topliss-reactive ketones (excluding diaryl/α,β-unsaturated/α-hetero) is 2. The summed E-state index contributed by atoms with van der Waals surface area (Å²) in [5, 5.41) is 0. The van der Waals surface area contributed by atoms with Crippen LogP contribution in [0.1, 0.15) is 36.2 Å². The van der Waals surface area contributed by atoms with Gasteiger partial charge < -0.3 is 0 Å². The van der Waals surface area contributed by atoms with Crippen molar-refractivity contribution in [3.05, 3.63) is 52.6 Å². The summed E-state index contributed by atoms with van der Waals surface area (Å²) in [6, 6.07) is 7.21. The van der Waals surface area contributed by atoms with Gasteiger partial charge in [-0.1, -0.05) is 35.9 Å². The van der Waals surface area contributed by atoms with Gasteiger partial charge in [0.05, 0.1) is 0 Å². The summed E-state index contributed by atoms with van der Waals surface area (Å²) < 4.78 is 0. The van der Waals surface area contributed by atoms with E-state index in [1.807, 2.05) is 38.1 Å². The number of carbonyl (C=O) groups is 2. The molecule has 0 fully saturated rings. The molecule has 0 atom stereocenters. The molecule has 2 heteroatoms. The predicted molar refractivity (Wildman–Crippen MR) is 67.8 cm³/mol. The van der Waals surface area contributed by atoms with Crippen LogP contribution in [-0.4, -0.2) is 11.6 Å². The summed E-state index contributed by atoms with van der Waals surface area (Å²) >= 11 is 0. The van der Waals surface area contributed by atoms with Crippen LogP contribution >= 0.6 is 0 Å². The number of carbonyl (C=O) groups excluding carboxylic acids is 2. The highest BCUT2D eigenvalue weighted by Gasteiger charge is 2.26. The number of hydrogen-bond donors (Lipinski definition) is 0. The first-order valence-electron chi connectivity index (χ1n) is 5.61. The summed E-state index contributed by atoms with van der Waals surface area (Å²) in [6.07, 6.45) is 4.31. The molecule has 0 aromatic heterocycles. The zero-order valence-electron chi connectivity index (χ0n) is 9.99. The normalized spacial score (nSPS) is 14.1. The molecule has 0 amide bonds. The fourth-order valence-corrected chi connectivity index (χ4v) is 1.82. The quantitative estimate of drug-likeness (QED) is 0.573. The van der Waals surface area contributed by atoms with Gasteiger partial charge in [-0.2, -0.15) is 0 Å². The fraction of sp³-hybridized carbons (Fsp3) is 0.200. The Morgan fingerprint density at radius 3 is 2.53 bits per heavy atom. The van der Waals surface area contributed by atoms with Crippen molar-refractivity contribution >= 4 is 17.6 Å². The van der Waals surface area contributed by atoms with Gasteiger partial charge in [-0.3, -0.25) is 9.59 Å². The van der Waals surface area contributed by atoms with E-state index >= 15 is 0 Å². The van der Waals surface area contributed by atoms with Crippen molar-refractivity contribution in [1.29, 1.82) is 0 Å². The predicted octanol–water partition coefficient (Wildman–Crippen LogP) is 3.19. The standard InChI is InChI=1S/C15H14O2/c1-10(2)7-8-12-9-11-5-3-4-6-13(11)15(17)14(12)16/h3-7,9H,8H2,1-2H3. The molecule has 0 saturated carbocycles. The summed E-state index contributed by atoms with van der Waals surface area (Å²) in [6.45, 7) is 3.95. The minimum absolute atomic E-state index is 0.374. The molecule has 1 aromatic rings. The minimum Gasteiger partial charge on any atom is -0.285 e. The number of benzene rings is 1. The second kappa shape index (κ2) is 4.50. The lowest BCUT2D eigenvalue weighted by Crippen LogP contribution is -2.21. The molecule has 0 N–H and O–H groups in total. The highest BCUT2D eigenvalue weighted by molar-refractivity contribution is 6.51. The van der Waals surface area contributed by atoms with E-state index in [2.05, 4.69) is 0 Å². The molecule has 0 heterocycles. The van der Waals surface area contributed by atoms with Crippen LogP contribution in [0.2, 0.25) is 0 Å². The fourth-order valence-electron chi connectivity index (χ4n) is 1.82. The van der Waals surface area contributed by atoms with E-state index in [-0.39, 0.29) is 11.6 Å². The third-order valence-electron chi connectivity index (χ3n) is 2.76. The average molecular weight is 226 g/mol. The molecule has 2 nitrogen and oxygen atoms in total. The molecule has 0 bridgehead atoms. The van der Waals surface area contributed by atoms with Gasteiger partial charge in [-0.05, 0) is 31.9 Å². The maximum Gasteiger partial charge on any atom is 0.233 e. The van der Waals surface area contributed by atoms with Gasteiger partial charge in [0.15, 0.2) is 0 Å². The molecule has 2 rings (SSSR count). The number of hydrogen-bond acceptors (Lipinski definition) is 2. The van der Waals surface area contributed by atoms with Crippen molar-refractivity contribution in [2.24, 2.45) is 0 Å². The van der Waals surface area contributed by atoms with Crippen molar-refractivity contribution in [3.8, 4) is 0 Å². The first-order chi connectivity index (χ1) is 8.09. The molecule has 0 saturated heterocycles. The Labute approximate surface area is 101 Å². The van der Waals surface area contributed by atoms with E-state index in [0.29, 0.717) is 17.6 Å². The molecule has 0 unspecified atom stereocenters. The Morgan fingerprint density at radius 1 is 1.12 bits per heavy atom. The topological polar surface area (TPSA) is 34.1 Å². The lowest BCUT2D eigenvalue weighted by atomic mass is 9.88. The molecular formula is C15H14O2. The van der Waals surface area contributed by atoms with Crippen LogP contribution in [0.3, 0.4) is 0 Å². The molecule has 86 valence electrons. The van der Waals surface area contributed by atoms with Crippen molar-refractivity contribution in [2.75, 3.05) is 0 Å². The second-order valence-corrected chi connectivity index (χ2v) is 4.40. The summed E-state index contributed by atoms with van der Waals surface area (Å²) in [5.41, 5.74) is 3.08. The molecular weight excluding hydrogens is 212 g/mol. The Balaban J connectivity index is 2.42. The second-order valence-electron chi connectivity index (χ2n) is 4.40. The molecule has 17 heavy (non-hydrogen) atoms. The molecule has 1 aromatic carbocycles. The monoisotopic (exact) mass is 226 g/mol. The first-order valence-corrected chi connectivity index (χ1v) is 5.61. The number of ketones is 2. The SMILES string of the molecule is CC(C)=CCC1=Cc2ccccc2C(=O)C1=O. The van der Waals surface area contributed by atoms with Crippen LogP contribution in [0.4, 0.5) is 0 Å². The maximum absolute atomic E-state index is 11.9. The Hall–Kier alpha value is -1.96. The van der Waals surface area contributed by atoms with Gasteiger partial charge in [0.1, 0.15) is 0 Å². The number of rotatable bonds is 2. The van der Waals surface area contributed by atoms with Crippen molar-refractivity contribution < 1.29 is 9.59 Å². The smallest absolute Gasteiger partial charge is 0.233 e. The summed E-state index contributed by atoms with van der Waals surface area (Å²) in [4.78, 5) is 23.7. The maximum atomic E-state index is 11.9. The highest BCUT2D eigenvalue weighted by atomic mass is 16.2. The zero-order valence-corrected chi connectivity index (χ0v) is 9.99. The largest absolute Gasteiger partial charge is 0.285 e. The molecule has 0 aliphatic heterocycles. The van der Waals surface area contributed by atoms with E-state index in [4.69, 9.17) is 0 Å². The third-order valence-corrected chi connectivity index (χ3v) is 2.76. The van der Waals surface area contributed by atoms with E-state index in [9.17, 15) is 9.59 Å². The van der Waals surface area contributed by atoms with Crippen molar-refractivity contribution in [3.63, 3.8) is 0 Å². The van der Waals surface area contributed by atoms with Crippen molar-refractivity contribution in [1.82, 2.24) is 0 Å². The molecule has 0 radical (unpaired) electrons. The van der Waals surface area contributed by atoms with Crippen LogP contribution in [0.25, 0.3) is 6.08 Å². The first kappa shape index (κ1) is 11.5. The number of fused-ring (bicyclic) bond motifs is 1. The Morgan fingerprint density at radius 2 is 1.82 bits per heavy atom. The van der Waals surface area contributed by atoms with E-state index < -0.39 is 0 Å². The van der Waals surface area contributed by atoms with Gasteiger partial charge in [0.2, 0.25) is 11.6 Å². The van der Waals surface area contributed by atoms with Gasteiger partial charge in [-0.15, -0.1) is 0 Å². The Kier molecular flexibility index (Phi) is 3.05. The zero-order chi connectivity index (χ0) is 12.4. The van der Waals surface area contributed by atoms with Crippen molar-refractivity contribution in [2.45, 2.75) is 20.3 Å². The third kappa shape index (κ3) is 2.26. The average Bonchev–Trinajstić information content (AvgIpc) is 2.32. The number of allylic oxidation sites excluding steroid dienone is 3.